The highest BCUT2D eigenvalue weighted by atomic mass is 35.5. The van der Waals surface area contributed by atoms with E-state index in [2.05, 4.69) is 0 Å². The first-order valence-electron chi connectivity index (χ1n) is 3.61. The summed E-state index contributed by atoms with van der Waals surface area (Å²) in [5, 5.41) is 8.58. The van der Waals surface area contributed by atoms with Crippen molar-refractivity contribution in [1.82, 2.24) is 0 Å². The first kappa shape index (κ1) is 12.0. The minimum atomic E-state index is 0.0343. The molecule has 0 fully saturated rings. The van der Waals surface area contributed by atoms with Gasteiger partial charge in [0, 0.05) is 20.8 Å². The van der Waals surface area contributed by atoms with E-state index >= 15 is 0 Å². The zero-order valence-corrected chi connectivity index (χ0v) is 10.1. The standard InChI is InChI=1S/C8H7Cl3N2S/c9-4-1-6(10)5(7(11)2-4)3-14-8(12)13/h1-2H,3H2,(H3,12,13). The average molecular weight is 270 g/mol. The number of benzene rings is 1. The lowest BCUT2D eigenvalue weighted by molar-refractivity contribution is 1.41. The minimum absolute atomic E-state index is 0.0343. The smallest absolute Gasteiger partial charge is 0.151 e. The first-order chi connectivity index (χ1) is 6.50. The summed E-state index contributed by atoms with van der Waals surface area (Å²) in [7, 11) is 0. The van der Waals surface area contributed by atoms with E-state index in [4.69, 9.17) is 45.9 Å². The summed E-state index contributed by atoms with van der Waals surface area (Å²) < 4.78 is 0. The van der Waals surface area contributed by atoms with Crippen molar-refractivity contribution < 1.29 is 0 Å². The van der Waals surface area contributed by atoms with Gasteiger partial charge in [0.05, 0.1) is 0 Å². The molecule has 0 heterocycles. The molecule has 0 unspecified atom stereocenters. The van der Waals surface area contributed by atoms with Gasteiger partial charge in [0.15, 0.2) is 5.17 Å². The maximum Gasteiger partial charge on any atom is 0.151 e. The second-order valence-corrected chi connectivity index (χ2v) is 4.77. The van der Waals surface area contributed by atoms with Crippen LogP contribution in [0.15, 0.2) is 12.1 Å². The Morgan fingerprint density at radius 2 is 1.79 bits per heavy atom. The van der Waals surface area contributed by atoms with E-state index in [-0.39, 0.29) is 5.17 Å². The SMILES string of the molecule is N=C(N)SCc1c(Cl)cc(Cl)cc1Cl. The molecule has 2 nitrogen and oxygen atoms in total. The van der Waals surface area contributed by atoms with E-state index in [9.17, 15) is 0 Å². The number of halogens is 3. The van der Waals surface area contributed by atoms with Gasteiger partial charge in [0.1, 0.15) is 0 Å². The van der Waals surface area contributed by atoms with Crippen LogP contribution in [-0.4, -0.2) is 5.17 Å². The normalized spacial score (nSPS) is 10.2. The topological polar surface area (TPSA) is 49.9 Å². The van der Waals surface area contributed by atoms with Gasteiger partial charge >= 0.3 is 0 Å². The number of hydrogen-bond donors (Lipinski definition) is 2. The molecule has 0 aliphatic rings. The van der Waals surface area contributed by atoms with Crippen molar-refractivity contribution in [2.45, 2.75) is 5.75 Å². The highest BCUT2D eigenvalue weighted by molar-refractivity contribution is 8.13. The minimum Gasteiger partial charge on any atom is -0.379 e. The van der Waals surface area contributed by atoms with Crippen molar-refractivity contribution in [3.63, 3.8) is 0 Å². The summed E-state index contributed by atoms with van der Waals surface area (Å²) in [5.74, 6) is 0.476. The first-order valence-corrected chi connectivity index (χ1v) is 5.73. The number of nitrogens with one attached hydrogen (secondary N) is 1. The summed E-state index contributed by atoms with van der Waals surface area (Å²) in [6.07, 6.45) is 0. The van der Waals surface area contributed by atoms with Crippen LogP contribution in [0.1, 0.15) is 5.56 Å². The van der Waals surface area contributed by atoms with Crippen molar-refractivity contribution >= 4 is 51.7 Å². The highest BCUT2D eigenvalue weighted by Gasteiger charge is 2.08. The van der Waals surface area contributed by atoms with Crippen LogP contribution < -0.4 is 5.73 Å². The van der Waals surface area contributed by atoms with E-state index in [1.54, 1.807) is 12.1 Å². The van der Waals surface area contributed by atoms with Gasteiger partial charge in [0.2, 0.25) is 0 Å². The predicted octanol–water partition coefficient (Wildman–Crippen LogP) is 3.77. The lowest BCUT2D eigenvalue weighted by Gasteiger charge is -2.06. The fraction of sp³-hybridized carbons (Fsp3) is 0.125. The monoisotopic (exact) mass is 268 g/mol. The molecular weight excluding hydrogens is 263 g/mol. The summed E-state index contributed by atoms with van der Waals surface area (Å²) >= 11 is 18.8. The second-order valence-electron chi connectivity index (χ2n) is 2.50. The molecule has 3 N–H and O–H groups in total. The van der Waals surface area contributed by atoms with Gasteiger partial charge in [0.25, 0.3) is 0 Å². The molecule has 76 valence electrons. The molecule has 0 amide bonds. The van der Waals surface area contributed by atoms with Crippen molar-refractivity contribution in [2.75, 3.05) is 0 Å². The quantitative estimate of drug-likeness (QED) is 0.634. The van der Waals surface area contributed by atoms with Crippen molar-refractivity contribution in [3.05, 3.63) is 32.8 Å². The van der Waals surface area contributed by atoms with E-state index in [1.807, 2.05) is 0 Å². The predicted molar refractivity (Wildman–Crippen MR) is 64.7 cm³/mol. The molecule has 0 saturated carbocycles. The van der Waals surface area contributed by atoms with E-state index in [0.29, 0.717) is 20.8 Å². The maximum absolute atomic E-state index is 7.06. The molecular formula is C8H7Cl3N2S. The Balaban J connectivity index is 2.91. The van der Waals surface area contributed by atoms with Gasteiger partial charge < -0.3 is 5.73 Å². The van der Waals surface area contributed by atoms with E-state index < -0.39 is 0 Å². The molecule has 0 aliphatic carbocycles. The van der Waals surface area contributed by atoms with Gasteiger partial charge in [-0.2, -0.15) is 0 Å². The molecule has 0 spiro atoms. The van der Waals surface area contributed by atoms with Gasteiger partial charge in [-0.1, -0.05) is 46.6 Å². The molecule has 6 heteroatoms. The van der Waals surface area contributed by atoms with Gasteiger partial charge in [-0.15, -0.1) is 0 Å². The van der Waals surface area contributed by atoms with Crippen LogP contribution in [0, 0.1) is 5.41 Å². The second kappa shape index (κ2) is 5.12. The zero-order chi connectivity index (χ0) is 10.7. The number of amidine groups is 1. The van der Waals surface area contributed by atoms with Crippen LogP contribution >= 0.6 is 46.6 Å². The Kier molecular flexibility index (Phi) is 4.38. The summed E-state index contributed by atoms with van der Waals surface area (Å²) in [6, 6.07) is 3.23. The Morgan fingerprint density at radius 3 is 2.21 bits per heavy atom. The summed E-state index contributed by atoms with van der Waals surface area (Å²) in [4.78, 5) is 0. The van der Waals surface area contributed by atoms with Crippen LogP contribution in [0.3, 0.4) is 0 Å². The van der Waals surface area contributed by atoms with Crippen LogP contribution in [-0.2, 0) is 5.75 Å². The summed E-state index contributed by atoms with van der Waals surface area (Å²) in [6.45, 7) is 0. The molecule has 0 aliphatic heterocycles. The summed E-state index contributed by atoms with van der Waals surface area (Å²) in [5.41, 5.74) is 5.95. The van der Waals surface area contributed by atoms with Crippen LogP contribution in [0.2, 0.25) is 15.1 Å². The fourth-order valence-corrected chi connectivity index (χ4v) is 2.58. The molecule has 0 bridgehead atoms. The van der Waals surface area contributed by atoms with E-state index in [1.165, 1.54) is 11.8 Å². The largest absolute Gasteiger partial charge is 0.379 e. The average Bonchev–Trinajstić information content (AvgIpc) is 2.01. The van der Waals surface area contributed by atoms with Gasteiger partial charge in [-0.05, 0) is 17.7 Å². The molecule has 1 aromatic rings. The van der Waals surface area contributed by atoms with Crippen molar-refractivity contribution in [1.29, 1.82) is 5.41 Å². The maximum atomic E-state index is 7.06. The van der Waals surface area contributed by atoms with Gasteiger partial charge in [-0.25, -0.2) is 0 Å². The molecule has 0 atom stereocenters. The lowest BCUT2D eigenvalue weighted by Crippen LogP contribution is -2.04. The van der Waals surface area contributed by atoms with Crippen molar-refractivity contribution in [3.8, 4) is 0 Å². The third-order valence-electron chi connectivity index (χ3n) is 1.48. The van der Waals surface area contributed by atoms with Crippen LogP contribution in [0.4, 0.5) is 0 Å². The van der Waals surface area contributed by atoms with Crippen LogP contribution in [0.25, 0.3) is 0 Å². The Labute approximate surface area is 101 Å². The Morgan fingerprint density at radius 1 is 1.29 bits per heavy atom. The molecule has 1 rings (SSSR count). The Hall–Kier alpha value is -0.0900. The number of hydrogen-bond acceptors (Lipinski definition) is 2. The molecule has 1 aromatic carbocycles. The van der Waals surface area contributed by atoms with E-state index in [0.717, 1.165) is 5.56 Å². The highest BCUT2D eigenvalue weighted by Crippen LogP contribution is 2.31. The number of thioether (sulfide) groups is 1. The third kappa shape index (κ3) is 3.24. The lowest BCUT2D eigenvalue weighted by atomic mass is 10.2. The molecule has 0 saturated heterocycles. The number of rotatable bonds is 2. The Bertz CT molecular complexity index is 345. The number of nitrogens with two attached hydrogens (primary N) is 1. The van der Waals surface area contributed by atoms with Crippen molar-refractivity contribution in [2.24, 2.45) is 5.73 Å². The molecule has 14 heavy (non-hydrogen) atoms. The van der Waals surface area contributed by atoms with Crippen LogP contribution in [0.5, 0.6) is 0 Å². The van der Waals surface area contributed by atoms with Gasteiger partial charge in [-0.3, -0.25) is 5.41 Å². The molecule has 0 radical (unpaired) electrons. The molecule has 0 aromatic heterocycles. The zero-order valence-electron chi connectivity index (χ0n) is 6.98. The third-order valence-corrected chi connectivity index (χ3v) is 3.11. The fourth-order valence-electron chi connectivity index (χ4n) is 0.860.